The molecule has 0 saturated heterocycles. The second kappa shape index (κ2) is 5.64. The highest BCUT2D eigenvalue weighted by Crippen LogP contribution is 2.38. The third kappa shape index (κ3) is 3.09. The van der Waals surface area contributed by atoms with Crippen LogP contribution in [-0.2, 0) is 4.79 Å². The number of allylic oxidation sites excluding steroid dienone is 1. The Labute approximate surface area is 121 Å². The summed E-state index contributed by atoms with van der Waals surface area (Å²) in [5, 5.41) is 2.37. The first kappa shape index (κ1) is 13.9. The minimum atomic E-state index is -0.450. The number of halogens is 2. The van der Waals surface area contributed by atoms with Gasteiger partial charge in [-0.25, -0.2) is 4.79 Å². The Bertz CT molecular complexity index is 671. The highest BCUT2D eigenvalue weighted by atomic mass is 35.5. The van der Waals surface area contributed by atoms with E-state index in [-0.39, 0.29) is 0 Å². The van der Waals surface area contributed by atoms with Crippen LogP contribution in [0.4, 0.5) is 0 Å². The Morgan fingerprint density at radius 2 is 1.74 bits per heavy atom. The Morgan fingerprint density at radius 1 is 1.11 bits per heavy atom. The van der Waals surface area contributed by atoms with Gasteiger partial charge in [0.1, 0.15) is 0 Å². The molecule has 0 N–H and O–H groups in total. The molecular weight excluding hydrogens is 283 g/mol. The van der Waals surface area contributed by atoms with Gasteiger partial charge in [0, 0.05) is 16.8 Å². The number of rotatable bonds is 2. The average Bonchev–Trinajstić information content (AvgIpc) is 2.33. The van der Waals surface area contributed by atoms with Gasteiger partial charge in [-0.3, -0.25) is 0 Å². The Morgan fingerprint density at radius 3 is 2.37 bits per heavy atom. The van der Waals surface area contributed by atoms with Crippen LogP contribution in [0.5, 0.6) is 5.75 Å². The van der Waals surface area contributed by atoms with Crippen LogP contribution in [0.1, 0.15) is 13.8 Å². The van der Waals surface area contributed by atoms with E-state index in [2.05, 4.69) is 0 Å². The molecule has 0 radical (unpaired) electrons. The highest BCUT2D eigenvalue weighted by molar-refractivity contribution is 6.40. The van der Waals surface area contributed by atoms with Crippen LogP contribution < -0.4 is 4.74 Å². The molecule has 98 valence electrons. The number of hydrogen-bond donors (Lipinski definition) is 0. The summed E-state index contributed by atoms with van der Waals surface area (Å²) in [6.07, 6.45) is 1.42. The highest BCUT2D eigenvalue weighted by Gasteiger charge is 2.13. The second-order valence-electron chi connectivity index (χ2n) is 4.36. The van der Waals surface area contributed by atoms with Crippen molar-refractivity contribution in [1.29, 1.82) is 0 Å². The van der Waals surface area contributed by atoms with Crippen molar-refractivity contribution in [2.24, 2.45) is 0 Å². The first-order valence-corrected chi connectivity index (χ1v) is 6.48. The lowest BCUT2D eigenvalue weighted by atomic mass is 10.1. The first-order chi connectivity index (χ1) is 8.99. The number of carbonyl (C=O) groups excluding carboxylic acids is 1. The van der Waals surface area contributed by atoms with Crippen LogP contribution in [0.25, 0.3) is 10.8 Å². The SMILES string of the molecule is CC(C)=CC(=O)Oc1c(Cl)cc(Cl)c2ccccc12. The molecule has 0 aliphatic heterocycles. The summed E-state index contributed by atoms with van der Waals surface area (Å²) in [6, 6.07) is 8.96. The molecule has 0 aliphatic carbocycles. The molecule has 0 bridgehead atoms. The predicted octanol–water partition coefficient (Wildman–Crippen LogP) is 5.02. The number of hydrogen-bond acceptors (Lipinski definition) is 2. The van der Waals surface area contributed by atoms with E-state index in [1.165, 1.54) is 6.08 Å². The molecule has 0 amide bonds. The smallest absolute Gasteiger partial charge is 0.336 e. The van der Waals surface area contributed by atoms with Gasteiger partial charge in [-0.1, -0.05) is 53.0 Å². The van der Waals surface area contributed by atoms with Crippen molar-refractivity contribution in [3.05, 3.63) is 52.0 Å². The fraction of sp³-hybridized carbons (Fsp3) is 0.133. The quantitative estimate of drug-likeness (QED) is 0.442. The summed E-state index contributed by atoms with van der Waals surface area (Å²) in [4.78, 5) is 11.7. The first-order valence-electron chi connectivity index (χ1n) is 5.72. The van der Waals surface area contributed by atoms with Crippen molar-refractivity contribution >= 4 is 39.9 Å². The number of carbonyl (C=O) groups is 1. The zero-order chi connectivity index (χ0) is 14.0. The molecule has 2 rings (SSSR count). The molecule has 0 fully saturated rings. The second-order valence-corrected chi connectivity index (χ2v) is 5.17. The summed E-state index contributed by atoms with van der Waals surface area (Å²) in [5.74, 6) is -0.112. The molecular formula is C15H12Cl2O2. The maximum atomic E-state index is 11.7. The van der Waals surface area contributed by atoms with Crippen LogP contribution in [0.15, 0.2) is 42.0 Å². The van der Waals surface area contributed by atoms with Gasteiger partial charge in [0.2, 0.25) is 0 Å². The zero-order valence-electron chi connectivity index (χ0n) is 10.5. The Balaban J connectivity index is 2.54. The minimum Gasteiger partial charge on any atom is -0.421 e. The lowest BCUT2D eigenvalue weighted by Crippen LogP contribution is -2.05. The predicted molar refractivity (Wildman–Crippen MR) is 79.0 cm³/mol. The summed E-state index contributed by atoms with van der Waals surface area (Å²) < 4.78 is 5.32. The minimum absolute atomic E-state index is 0.319. The van der Waals surface area contributed by atoms with Gasteiger partial charge in [-0.2, -0.15) is 0 Å². The molecule has 2 nitrogen and oxygen atoms in total. The molecule has 0 atom stereocenters. The van der Waals surface area contributed by atoms with Crippen LogP contribution in [-0.4, -0.2) is 5.97 Å². The molecule has 2 aromatic carbocycles. The molecule has 2 aromatic rings. The molecule has 0 aliphatic rings. The van der Waals surface area contributed by atoms with E-state index >= 15 is 0 Å². The van der Waals surface area contributed by atoms with E-state index in [1.54, 1.807) is 6.07 Å². The van der Waals surface area contributed by atoms with Crippen LogP contribution >= 0.6 is 23.2 Å². The summed E-state index contributed by atoms with van der Waals surface area (Å²) in [6.45, 7) is 3.64. The van der Waals surface area contributed by atoms with Gasteiger partial charge in [-0.15, -0.1) is 0 Å². The molecule has 0 unspecified atom stereocenters. The molecule has 19 heavy (non-hydrogen) atoms. The van der Waals surface area contributed by atoms with Gasteiger partial charge < -0.3 is 4.74 Å². The molecule has 0 saturated carbocycles. The van der Waals surface area contributed by atoms with E-state index in [0.29, 0.717) is 15.8 Å². The third-order valence-corrected chi connectivity index (χ3v) is 3.10. The number of ether oxygens (including phenoxy) is 1. The van der Waals surface area contributed by atoms with E-state index in [1.807, 2.05) is 38.1 Å². The maximum absolute atomic E-state index is 11.7. The maximum Gasteiger partial charge on any atom is 0.336 e. The van der Waals surface area contributed by atoms with Crippen molar-refractivity contribution in [3.63, 3.8) is 0 Å². The topological polar surface area (TPSA) is 26.3 Å². The van der Waals surface area contributed by atoms with E-state index in [9.17, 15) is 4.79 Å². The molecule has 4 heteroatoms. The van der Waals surface area contributed by atoms with Crippen molar-refractivity contribution < 1.29 is 9.53 Å². The summed E-state index contributed by atoms with van der Waals surface area (Å²) in [7, 11) is 0. The van der Waals surface area contributed by atoms with Crippen molar-refractivity contribution in [2.75, 3.05) is 0 Å². The molecule has 0 aromatic heterocycles. The lowest BCUT2D eigenvalue weighted by molar-refractivity contribution is -0.128. The van der Waals surface area contributed by atoms with Gasteiger partial charge in [0.05, 0.1) is 10.0 Å². The summed E-state index contributed by atoms with van der Waals surface area (Å²) in [5.41, 5.74) is 0.861. The largest absolute Gasteiger partial charge is 0.421 e. The third-order valence-electron chi connectivity index (χ3n) is 2.51. The van der Waals surface area contributed by atoms with E-state index < -0.39 is 5.97 Å². The fourth-order valence-electron chi connectivity index (χ4n) is 1.74. The van der Waals surface area contributed by atoms with Crippen molar-refractivity contribution in [2.45, 2.75) is 13.8 Å². The lowest BCUT2D eigenvalue weighted by Gasteiger charge is -2.10. The zero-order valence-corrected chi connectivity index (χ0v) is 12.0. The normalized spacial score (nSPS) is 10.3. The Hall–Kier alpha value is -1.51. The monoisotopic (exact) mass is 294 g/mol. The van der Waals surface area contributed by atoms with Crippen LogP contribution in [0, 0.1) is 0 Å². The number of benzene rings is 2. The van der Waals surface area contributed by atoms with E-state index in [4.69, 9.17) is 27.9 Å². The van der Waals surface area contributed by atoms with Gasteiger partial charge >= 0.3 is 5.97 Å². The van der Waals surface area contributed by atoms with Gasteiger partial charge in [-0.05, 0) is 19.9 Å². The standard InChI is InChI=1S/C15H12Cl2O2/c1-9(2)7-14(18)19-15-11-6-4-3-5-10(11)12(16)8-13(15)17/h3-8H,1-2H3. The fourth-order valence-corrected chi connectivity index (χ4v) is 2.32. The molecule has 0 heterocycles. The van der Waals surface area contributed by atoms with Crippen LogP contribution in [0.2, 0.25) is 10.0 Å². The van der Waals surface area contributed by atoms with Crippen LogP contribution in [0.3, 0.4) is 0 Å². The number of fused-ring (bicyclic) bond motifs is 1. The van der Waals surface area contributed by atoms with Gasteiger partial charge in [0.15, 0.2) is 5.75 Å². The van der Waals surface area contributed by atoms with E-state index in [0.717, 1.165) is 16.3 Å². The van der Waals surface area contributed by atoms with Crippen molar-refractivity contribution in [1.82, 2.24) is 0 Å². The average molecular weight is 295 g/mol. The number of esters is 1. The Kier molecular flexibility index (Phi) is 4.13. The summed E-state index contributed by atoms with van der Waals surface area (Å²) >= 11 is 12.2. The van der Waals surface area contributed by atoms with Crippen molar-refractivity contribution in [3.8, 4) is 5.75 Å². The van der Waals surface area contributed by atoms with Gasteiger partial charge in [0.25, 0.3) is 0 Å². The molecule has 0 spiro atoms.